The maximum atomic E-state index is 13.0. The first-order valence-electron chi connectivity index (χ1n) is 12.7. The van der Waals surface area contributed by atoms with Crippen molar-refractivity contribution in [2.24, 2.45) is 0 Å². The molecule has 0 radical (unpaired) electrons. The van der Waals surface area contributed by atoms with Gasteiger partial charge in [0.05, 0.1) is 6.42 Å². The summed E-state index contributed by atoms with van der Waals surface area (Å²) < 4.78 is 12.0. The second kappa shape index (κ2) is 10.5. The summed E-state index contributed by atoms with van der Waals surface area (Å²) in [5.74, 6) is -0.314. The van der Waals surface area contributed by atoms with Gasteiger partial charge in [-0.1, -0.05) is 42.5 Å². The van der Waals surface area contributed by atoms with E-state index in [4.69, 9.17) is 9.47 Å². The third-order valence-corrected chi connectivity index (χ3v) is 8.31. The van der Waals surface area contributed by atoms with Crippen LogP contribution in [-0.4, -0.2) is 57.3 Å². The Balaban J connectivity index is 1.13. The molecule has 0 aromatic heterocycles. The average Bonchev–Trinajstić information content (AvgIpc) is 3.13. The van der Waals surface area contributed by atoms with Crippen LogP contribution in [0.25, 0.3) is 0 Å². The van der Waals surface area contributed by atoms with Gasteiger partial charge in [0.25, 0.3) is 5.91 Å². The number of hydrogen-bond donors (Lipinski definition) is 2. The van der Waals surface area contributed by atoms with Crippen LogP contribution >= 0.6 is 11.8 Å². The van der Waals surface area contributed by atoms with Gasteiger partial charge >= 0.3 is 5.97 Å². The molecule has 3 aliphatic heterocycles. The number of carbonyl (C=O) groups excluding carboxylic acids is 3. The van der Waals surface area contributed by atoms with E-state index in [9.17, 15) is 24.3 Å². The van der Waals surface area contributed by atoms with Crippen molar-refractivity contribution in [1.29, 1.82) is 0 Å². The lowest BCUT2D eigenvalue weighted by atomic mass is 10.0. The van der Waals surface area contributed by atoms with Gasteiger partial charge in [-0.3, -0.25) is 19.3 Å². The van der Waals surface area contributed by atoms with E-state index in [0.29, 0.717) is 35.0 Å². The Morgan fingerprint density at radius 1 is 1.12 bits per heavy atom. The van der Waals surface area contributed by atoms with Crippen LogP contribution in [0.4, 0.5) is 0 Å². The van der Waals surface area contributed by atoms with Crippen LogP contribution in [0.5, 0.6) is 11.5 Å². The lowest BCUT2D eigenvalue weighted by Gasteiger charge is -2.49. The third-order valence-electron chi connectivity index (χ3n) is 6.97. The van der Waals surface area contributed by atoms with Crippen LogP contribution < -0.4 is 14.8 Å². The summed E-state index contributed by atoms with van der Waals surface area (Å²) >= 11 is 1.39. The molecule has 2 amide bonds. The standard InChI is InChI=1S/C30H24N2O7S/c33-21-10-8-18-6-7-19-9-11-22(14-24(19)39-23(18)13-21)38-15-20-16-40-29-26(28(35)32(29)27(20)30(36)37)31-25(34)12-17-4-2-1-3-5-17/h1-6,8-11,13-14,26,29H,7,12,15-16H2,(H,31,34)(H,36,37)/t26-,29-/m1/s1. The van der Waals surface area contributed by atoms with Crippen molar-refractivity contribution >= 4 is 35.3 Å². The molecule has 2 atom stereocenters. The van der Waals surface area contributed by atoms with Gasteiger partial charge < -0.3 is 19.9 Å². The number of rotatable bonds is 7. The van der Waals surface area contributed by atoms with Crippen molar-refractivity contribution in [3.8, 4) is 11.5 Å². The predicted molar refractivity (Wildman–Crippen MR) is 146 cm³/mol. The number of fused-ring (bicyclic) bond motifs is 3. The molecule has 0 spiro atoms. The minimum absolute atomic E-state index is 0.0393. The molecule has 1 fully saturated rings. The van der Waals surface area contributed by atoms with Crippen LogP contribution in [-0.2, 0) is 32.0 Å². The van der Waals surface area contributed by atoms with Crippen molar-refractivity contribution in [2.45, 2.75) is 24.3 Å². The minimum atomic E-state index is -1.22. The molecule has 0 unspecified atom stereocenters. The number of β-lactam (4-membered cyclic amide) rings is 1. The van der Waals surface area contributed by atoms with Gasteiger partial charge in [0.15, 0.2) is 5.78 Å². The number of amides is 2. The molecular formula is C30H24N2O7S. The zero-order valence-electron chi connectivity index (χ0n) is 21.2. The molecule has 1 saturated heterocycles. The molecule has 0 bridgehead atoms. The molecule has 1 aliphatic carbocycles. The number of thioether (sulfide) groups is 1. The van der Waals surface area contributed by atoms with Crippen molar-refractivity contribution < 1.29 is 33.8 Å². The number of aliphatic carboxylic acids is 1. The molecule has 40 heavy (non-hydrogen) atoms. The van der Waals surface area contributed by atoms with E-state index in [1.807, 2.05) is 42.5 Å². The lowest BCUT2D eigenvalue weighted by molar-refractivity contribution is -0.150. The summed E-state index contributed by atoms with van der Waals surface area (Å²) in [4.78, 5) is 50.7. The number of carboxylic acid groups (broad SMARTS) is 1. The Kier molecular flexibility index (Phi) is 6.77. The SMILES string of the molecule is O=C1C=CC2=CCc3ccc(OCC4=C(C(=O)O)N5C(=O)[C@@H](NC(=O)Cc6ccccc6)[C@H]5SC4)cc3OC2=C1. The monoisotopic (exact) mass is 556 g/mol. The molecule has 9 nitrogen and oxygen atoms in total. The summed E-state index contributed by atoms with van der Waals surface area (Å²) in [7, 11) is 0. The highest BCUT2D eigenvalue weighted by atomic mass is 32.2. The fourth-order valence-electron chi connectivity index (χ4n) is 4.97. The maximum absolute atomic E-state index is 13.0. The largest absolute Gasteiger partial charge is 0.489 e. The number of carboxylic acids is 1. The van der Waals surface area contributed by atoms with E-state index in [1.165, 1.54) is 28.8 Å². The molecule has 2 aromatic rings. The number of nitrogens with zero attached hydrogens (tertiary/aromatic N) is 1. The molecule has 0 saturated carbocycles. The number of allylic oxidation sites excluding steroid dienone is 4. The van der Waals surface area contributed by atoms with E-state index >= 15 is 0 Å². The zero-order valence-corrected chi connectivity index (χ0v) is 22.0. The van der Waals surface area contributed by atoms with Gasteiger partial charge in [-0.05, 0) is 35.8 Å². The normalized spacial score (nSPS) is 21.1. The Morgan fingerprint density at radius 2 is 1.95 bits per heavy atom. The summed E-state index contributed by atoms with van der Waals surface area (Å²) in [6.07, 6.45) is 7.40. The molecular weight excluding hydrogens is 532 g/mol. The number of hydrogen-bond acceptors (Lipinski definition) is 7. The Morgan fingerprint density at radius 3 is 2.75 bits per heavy atom. The smallest absolute Gasteiger partial charge is 0.352 e. The van der Waals surface area contributed by atoms with Gasteiger partial charge in [-0.15, -0.1) is 11.8 Å². The zero-order chi connectivity index (χ0) is 27.8. The second-order valence-corrected chi connectivity index (χ2v) is 10.7. The summed E-state index contributed by atoms with van der Waals surface area (Å²) in [6.45, 7) is -0.0393. The topological polar surface area (TPSA) is 122 Å². The number of benzene rings is 2. The molecule has 10 heteroatoms. The maximum Gasteiger partial charge on any atom is 0.352 e. The third kappa shape index (κ3) is 4.93. The molecule has 2 N–H and O–H groups in total. The lowest BCUT2D eigenvalue weighted by Crippen LogP contribution is -2.70. The van der Waals surface area contributed by atoms with Gasteiger partial charge in [0, 0.05) is 29.0 Å². The van der Waals surface area contributed by atoms with E-state index in [0.717, 1.165) is 16.7 Å². The van der Waals surface area contributed by atoms with Gasteiger partial charge in [0.2, 0.25) is 5.91 Å². The van der Waals surface area contributed by atoms with E-state index in [-0.39, 0.29) is 30.4 Å². The highest BCUT2D eigenvalue weighted by molar-refractivity contribution is 8.00. The highest BCUT2D eigenvalue weighted by Crippen LogP contribution is 2.41. The minimum Gasteiger partial charge on any atom is -0.489 e. The van der Waals surface area contributed by atoms with E-state index in [2.05, 4.69) is 5.32 Å². The fourth-order valence-corrected chi connectivity index (χ4v) is 6.30. The summed E-state index contributed by atoms with van der Waals surface area (Å²) in [6, 6.07) is 13.8. The van der Waals surface area contributed by atoms with Gasteiger partial charge in [-0.25, -0.2) is 4.79 Å². The van der Waals surface area contributed by atoms with E-state index in [1.54, 1.807) is 18.2 Å². The summed E-state index contributed by atoms with van der Waals surface area (Å²) in [5, 5.41) is 12.2. The number of nitrogens with one attached hydrogen (secondary N) is 1. The molecule has 6 rings (SSSR count). The van der Waals surface area contributed by atoms with Crippen molar-refractivity contribution in [3.05, 3.63) is 107 Å². The van der Waals surface area contributed by atoms with Crippen LogP contribution in [0.2, 0.25) is 0 Å². The average molecular weight is 557 g/mol. The number of ketones is 1. The van der Waals surface area contributed by atoms with Crippen LogP contribution in [0.3, 0.4) is 0 Å². The van der Waals surface area contributed by atoms with Crippen LogP contribution in [0.15, 0.2) is 95.4 Å². The number of ether oxygens (including phenoxy) is 2. The highest BCUT2D eigenvalue weighted by Gasteiger charge is 2.54. The molecule has 4 aliphatic rings. The Labute approximate surface area is 233 Å². The quantitative estimate of drug-likeness (QED) is 0.500. The van der Waals surface area contributed by atoms with Gasteiger partial charge in [0.1, 0.15) is 41.0 Å². The molecule has 3 heterocycles. The first-order valence-corrected chi connectivity index (χ1v) is 13.7. The second-order valence-electron chi connectivity index (χ2n) is 9.64. The van der Waals surface area contributed by atoms with E-state index < -0.39 is 23.3 Å². The fraction of sp³-hybridized carbons (Fsp3) is 0.200. The van der Waals surface area contributed by atoms with Crippen molar-refractivity contribution in [1.82, 2.24) is 10.2 Å². The molecule has 202 valence electrons. The van der Waals surface area contributed by atoms with Crippen molar-refractivity contribution in [3.63, 3.8) is 0 Å². The first kappa shape index (κ1) is 25.7. The van der Waals surface area contributed by atoms with Crippen molar-refractivity contribution in [2.75, 3.05) is 12.4 Å². The Bertz CT molecular complexity index is 1560. The first-order chi connectivity index (χ1) is 19.4. The molecule has 2 aromatic carbocycles. The summed E-state index contributed by atoms with van der Waals surface area (Å²) in [5.41, 5.74) is 2.92. The van der Waals surface area contributed by atoms with Crippen LogP contribution in [0, 0.1) is 0 Å². The predicted octanol–water partition coefficient (Wildman–Crippen LogP) is 2.93. The number of carbonyl (C=O) groups is 4. The van der Waals surface area contributed by atoms with Crippen LogP contribution in [0.1, 0.15) is 11.1 Å². The Hall–Kier alpha value is -4.57. The van der Waals surface area contributed by atoms with Gasteiger partial charge in [-0.2, -0.15) is 0 Å².